The molecular formula is C52H83N5O11. The van der Waals surface area contributed by atoms with Crippen LogP contribution >= 0.6 is 0 Å². The van der Waals surface area contributed by atoms with Gasteiger partial charge in [0.05, 0.1) is 69.7 Å². The maximum absolute atomic E-state index is 14.4. The normalized spacial score (nSPS) is 18.7. The predicted molar refractivity (Wildman–Crippen MR) is 260 cm³/mol. The van der Waals surface area contributed by atoms with E-state index >= 15 is 0 Å². The third-order valence-electron chi connectivity index (χ3n) is 13.8. The fourth-order valence-electron chi connectivity index (χ4n) is 9.91. The average Bonchev–Trinajstić information content (AvgIpc) is 3.92. The van der Waals surface area contributed by atoms with Gasteiger partial charge in [-0.3, -0.25) is 43.4 Å². The summed E-state index contributed by atoms with van der Waals surface area (Å²) < 4.78 is 23.3. The molecule has 1 aromatic carbocycles. The predicted octanol–water partition coefficient (Wildman–Crippen LogP) is 4.62. The van der Waals surface area contributed by atoms with Gasteiger partial charge in [-0.2, -0.15) is 0 Å². The number of carbonyl (C=O) groups is 7. The summed E-state index contributed by atoms with van der Waals surface area (Å²) in [6, 6.07) is 8.38. The third kappa shape index (κ3) is 16.7. The highest BCUT2D eigenvalue weighted by Gasteiger charge is 2.43. The van der Waals surface area contributed by atoms with Crippen molar-refractivity contribution in [2.75, 3.05) is 81.4 Å². The first-order chi connectivity index (χ1) is 32.3. The molecular weight excluding hydrogens is 871 g/mol. The van der Waals surface area contributed by atoms with Gasteiger partial charge >= 0.3 is 0 Å². The van der Waals surface area contributed by atoms with Crippen LogP contribution in [0, 0.1) is 35.5 Å². The van der Waals surface area contributed by atoms with Crippen molar-refractivity contribution in [3.8, 4) is 0 Å². The van der Waals surface area contributed by atoms with Crippen LogP contribution in [0.3, 0.4) is 0 Å². The standard InChI is InChI=1S/C52H83N5O11/c1-13-36(6)49(55(10)52(64)40(34(2)3)32-43(59)48(35(4)5)54(8)9)44(65-11)33-47(62)56-24-17-20-41(56)50(66-12)37(7)42(58)31-39(30-38-18-15-14-16-19-38)51(63)53-23-26-67-28-29-68-27-25-57-45(60)21-22-46(57)61/h14-16,18-19,21-22,34-37,39-41,44,48-50H,13,17,20,23-33H2,1-12H3,(H,53,63)/t36-,37+,39-,40+,41+,44-,48+,49+,50-/m1/s1. The molecule has 1 aromatic rings. The molecule has 2 aliphatic rings. The van der Waals surface area contributed by atoms with Crippen LogP contribution in [0.5, 0.6) is 0 Å². The molecule has 0 saturated carbocycles. The fourth-order valence-corrected chi connectivity index (χ4v) is 9.91. The Morgan fingerprint density at radius 2 is 1.43 bits per heavy atom. The van der Waals surface area contributed by atoms with Crippen LogP contribution in [-0.2, 0) is 58.9 Å². The van der Waals surface area contributed by atoms with Crippen molar-refractivity contribution in [3.63, 3.8) is 0 Å². The Bertz CT molecular complexity index is 1800. The number of amides is 5. The second-order valence-electron chi connectivity index (χ2n) is 19.5. The Balaban J connectivity index is 1.67. The number of ether oxygens (including phenoxy) is 4. The number of hydrogen-bond acceptors (Lipinski definition) is 12. The Kier molecular flexibility index (Phi) is 24.7. The molecule has 1 fully saturated rings. The summed E-state index contributed by atoms with van der Waals surface area (Å²) >= 11 is 0. The number of nitrogens with one attached hydrogen (secondary N) is 1. The van der Waals surface area contributed by atoms with E-state index in [1.165, 1.54) is 12.2 Å². The van der Waals surface area contributed by atoms with E-state index in [4.69, 9.17) is 18.9 Å². The van der Waals surface area contributed by atoms with E-state index in [0.29, 0.717) is 19.4 Å². The molecule has 0 aromatic heterocycles. The SMILES string of the molecule is CC[C@@H](C)[C@@H]([C@@H](CC(=O)N1CCC[C@H]1[C@H](OC)[C@@H](C)C(=O)C[C@@H](Cc1ccccc1)C(=O)NCCOCCOCCN1C(=O)C=CC1=O)OC)N(C)C(=O)[C@@H](CC(=O)[C@H](C(C)C)N(C)C)C(C)C. The molecule has 1 saturated heterocycles. The molecule has 16 nitrogen and oxygen atoms in total. The maximum atomic E-state index is 14.4. The minimum absolute atomic E-state index is 0.0107. The summed E-state index contributed by atoms with van der Waals surface area (Å²) in [7, 11) is 8.66. The van der Waals surface area contributed by atoms with Gasteiger partial charge in [-0.15, -0.1) is 0 Å². The van der Waals surface area contributed by atoms with Crippen molar-refractivity contribution in [1.82, 2.24) is 24.9 Å². The molecule has 2 aliphatic heterocycles. The largest absolute Gasteiger partial charge is 0.379 e. The minimum atomic E-state index is -0.669. The summed E-state index contributed by atoms with van der Waals surface area (Å²) in [5.41, 5.74) is 0.915. The van der Waals surface area contributed by atoms with E-state index in [0.717, 1.165) is 23.3 Å². The molecule has 3 rings (SSSR count). The molecule has 0 radical (unpaired) electrons. The monoisotopic (exact) mass is 954 g/mol. The van der Waals surface area contributed by atoms with Gasteiger partial charge < -0.3 is 34.1 Å². The Morgan fingerprint density at radius 3 is 1.99 bits per heavy atom. The molecule has 5 amide bonds. The van der Waals surface area contributed by atoms with Gasteiger partial charge in [0.1, 0.15) is 5.78 Å². The van der Waals surface area contributed by atoms with Crippen molar-refractivity contribution in [2.45, 2.75) is 124 Å². The van der Waals surface area contributed by atoms with E-state index in [1.54, 1.807) is 38.0 Å². The number of hydrogen-bond donors (Lipinski definition) is 1. The summed E-state index contributed by atoms with van der Waals surface area (Å²) in [5.74, 6) is -3.30. The van der Waals surface area contributed by atoms with Gasteiger partial charge in [0, 0.05) is 77.1 Å². The zero-order valence-corrected chi connectivity index (χ0v) is 43.1. The summed E-state index contributed by atoms with van der Waals surface area (Å²) in [6.45, 7) is 15.6. The van der Waals surface area contributed by atoms with Crippen molar-refractivity contribution in [1.29, 1.82) is 0 Å². The molecule has 0 unspecified atom stereocenters. The van der Waals surface area contributed by atoms with Crippen molar-refractivity contribution >= 4 is 41.1 Å². The third-order valence-corrected chi connectivity index (χ3v) is 13.8. The van der Waals surface area contributed by atoms with Crippen LogP contribution in [-0.4, -0.2) is 172 Å². The molecule has 1 N–H and O–H groups in total. The van der Waals surface area contributed by atoms with Crippen LogP contribution in [0.1, 0.15) is 92.6 Å². The van der Waals surface area contributed by atoms with E-state index in [-0.39, 0.29) is 124 Å². The van der Waals surface area contributed by atoms with Crippen molar-refractivity contribution in [2.24, 2.45) is 35.5 Å². The highest BCUT2D eigenvalue weighted by atomic mass is 16.5. The number of carbonyl (C=O) groups excluding carboxylic acids is 7. The van der Waals surface area contributed by atoms with Gasteiger partial charge in [-0.05, 0) is 56.7 Å². The van der Waals surface area contributed by atoms with Crippen LogP contribution in [0.2, 0.25) is 0 Å². The van der Waals surface area contributed by atoms with Crippen molar-refractivity contribution in [3.05, 3.63) is 48.0 Å². The van der Waals surface area contributed by atoms with E-state index in [1.807, 2.05) is 83.9 Å². The van der Waals surface area contributed by atoms with Gasteiger partial charge in [0.2, 0.25) is 17.7 Å². The number of rotatable bonds is 32. The van der Waals surface area contributed by atoms with Gasteiger partial charge in [0.15, 0.2) is 5.78 Å². The molecule has 0 bridgehead atoms. The lowest BCUT2D eigenvalue weighted by molar-refractivity contribution is -0.149. The molecule has 0 spiro atoms. The molecule has 382 valence electrons. The lowest BCUT2D eigenvalue weighted by atomic mass is 9.83. The van der Waals surface area contributed by atoms with E-state index < -0.39 is 42.0 Å². The first-order valence-corrected chi connectivity index (χ1v) is 24.6. The topological polar surface area (TPSA) is 181 Å². The first-order valence-electron chi connectivity index (χ1n) is 24.6. The molecule has 16 heteroatoms. The van der Waals surface area contributed by atoms with Crippen LogP contribution in [0.4, 0.5) is 0 Å². The minimum Gasteiger partial charge on any atom is -0.379 e. The van der Waals surface area contributed by atoms with Gasteiger partial charge in [-0.25, -0.2) is 0 Å². The summed E-state index contributed by atoms with van der Waals surface area (Å²) in [4.78, 5) is 100. The van der Waals surface area contributed by atoms with Crippen molar-refractivity contribution < 1.29 is 52.5 Å². The van der Waals surface area contributed by atoms with Gasteiger partial charge in [0.25, 0.3) is 11.8 Å². The highest BCUT2D eigenvalue weighted by molar-refractivity contribution is 6.12. The lowest BCUT2D eigenvalue weighted by Crippen LogP contribution is -2.54. The zero-order valence-electron chi connectivity index (χ0n) is 43.1. The summed E-state index contributed by atoms with van der Waals surface area (Å²) in [5, 5.41) is 2.93. The second kappa shape index (κ2) is 29.0. The number of nitrogens with zero attached hydrogens (tertiary/aromatic N) is 4. The maximum Gasteiger partial charge on any atom is 0.253 e. The van der Waals surface area contributed by atoms with E-state index in [9.17, 15) is 33.6 Å². The number of Topliss-reactive ketones (excluding diaryl/α,β-unsaturated/α-hetero) is 2. The highest BCUT2D eigenvalue weighted by Crippen LogP contribution is 2.32. The summed E-state index contributed by atoms with van der Waals surface area (Å²) in [6.07, 6.45) is 3.72. The number of ketones is 2. The first kappa shape index (κ1) is 58.0. The number of benzene rings is 1. The van der Waals surface area contributed by atoms with E-state index in [2.05, 4.69) is 12.2 Å². The number of imide groups is 1. The molecule has 0 aliphatic carbocycles. The molecule has 68 heavy (non-hydrogen) atoms. The fraction of sp³-hybridized carbons (Fsp3) is 0.712. The van der Waals surface area contributed by atoms with Gasteiger partial charge in [-0.1, -0.05) is 85.2 Å². The Morgan fingerprint density at radius 1 is 0.794 bits per heavy atom. The number of likely N-dealkylation sites (N-methyl/N-ethyl adjacent to an activating group) is 2. The number of methoxy groups -OCH3 is 2. The number of likely N-dealkylation sites (tertiary alicyclic amines) is 1. The van der Waals surface area contributed by atoms with Crippen LogP contribution < -0.4 is 5.32 Å². The molecule has 2 heterocycles. The average molecular weight is 954 g/mol. The second-order valence-corrected chi connectivity index (χ2v) is 19.5. The zero-order chi connectivity index (χ0) is 50.7. The van der Waals surface area contributed by atoms with Crippen LogP contribution in [0.25, 0.3) is 0 Å². The Hall–Kier alpha value is -4.35. The molecule has 9 atom stereocenters. The lowest BCUT2D eigenvalue weighted by Gasteiger charge is -2.41. The quantitative estimate of drug-likeness (QED) is 0.0784. The Labute approximate surface area is 406 Å². The smallest absolute Gasteiger partial charge is 0.253 e. The van der Waals surface area contributed by atoms with Crippen LogP contribution in [0.15, 0.2) is 42.5 Å².